The zero-order valence-corrected chi connectivity index (χ0v) is 15.3. The van der Waals surface area contributed by atoms with Gasteiger partial charge in [0.05, 0.1) is 15.5 Å². The van der Waals surface area contributed by atoms with Gasteiger partial charge in [0.25, 0.3) is 0 Å². The van der Waals surface area contributed by atoms with Gasteiger partial charge in [-0.15, -0.1) is 22.7 Å². The maximum Gasteiger partial charge on any atom is 0.243 e. The van der Waals surface area contributed by atoms with E-state index < -0.39 is 10.0 Å². The number of thiophene rings is 1. The fourth-order valence-corrected chi connectivity index (χ4v) is 5.96. The molecule has 4 rings (SSSR count). The lowest BCUT2D eigenvalue weighted by Gasteiger charge is -2.15. The van der Waals surface area contributed by atoms with Crippen molar-refractivity contribution in [2.75, 3.05) is 13.1 Å². The van der Waals surface area contributed by atoms with Crippen molar-refractivity contribution in [3.63, 3.8) is 0 Å². The van der Waals surface area contributed by atoms with E-state index in [2.05, 4.69) is 11.1 Å². The van der Waals surface area contributed by atoms with Crippen molar-refractivity contribution in [1.82, 2.24) is 9.29 Å². The first-order valence-electron chi connectivity index (χ1n) is 7.74. The second kappa shape index (κ2) is 6.40. The van der Waals surface area contributed by atoms with E-state index in [1.165, 1.54) is 0 Å². The lowest BCUT2D eigenvalue weighted by Crippen LogP contribution is -2.27. The Labute approximate surface area is 149 Å². The molecular weight excluding hydrogens is 360 g/mol. The number of nitrogens with zero attached hydrogens (tertiary/aromatic N) is 2. The van der Waals surface area contributed by atoms with E-state index in [1.54, 1.807) is 39.1 Å². The molecule has 1 aliphatic rings. The first-order valence-corrected chi connectivity index (χ1v) is 10.9. The minimum absolute atomic E-state index is 0.363. The van der Waals surface area contributed by atoms with Gasteiger partial charge in [0.15, 0.2) is 0 Å². The molecule has 24 heavy (non-hydrogen) atoms. The number of rotatable bonds is 4. The summed E-state index contributed by atoms with van der Waals surface area (Å²) in [6.07, 6.45) is 1.89. The average molecular weight is 377 g/mol. The zero-order chi connectivity index (χ0) is 16.6. The number of aromatic nitrogens is 1. The van der Waals surface area contributed by atoms with Crippen LogP contribution in [0.2, 0.25) is 0 Å². The van der Waals surface area contributed by atoms with Crippen molar-refractivity contribution in [2.24, 2.45) is 0 Å². The Morgan fingerprint density at radius 3 is 2.42 bits per heavy atom. The predicted octanol–water partition coefficient (Wildman–Crippen LogP) is 4.32. The molecule has 4 nitrogen and oxygen atoms in total. The Morgan fingerprint density at radius 2 is 1.75 bits per heavy atom. The third-order valence-electron chi connectivity index (χ3n) is 4.09. The molecule has 124 valence electrons. The molecule has 0 saturated carbocycles. The average Bonchev–Trinajstić information content (AvgIpc) is 3.36. The maximum absolute atomic E-state index is 12.6. The molecule has 0 amide bonds. The molecule has 1 fully saturated rings. The SMILES string of the molecule is O=S(=O)(c1ccc(-c2csc(-c3cccs3)n2)cc1)N1CCCC1. The van der Waals surface area contributed by atoms with Crippen LogP contribution < -0.4 is 0 Å². The topological polar surface area (TPSA) is 50.3 Å². The van der Waals surface area contributed by atoms with Gasteiger partial charge in [-0.2, -0.15) is 4.31 Å². The molecule has 0 radical (unpaired) electrons. The molecule has 1 aliphatic heterocycles. The number of thiazole rings is 1. The molecule has 1 aromatic carbocycles. The Bertz CT molecular complexity index is 923. The first-order chi connectivity index (χ1) is 11.6. The van der Waals surface area contributed by atoms with Gasteiger partial charge in [-0.05, 0) is 36.4 Å². The Kier molecular flexibility index (Phi) is 4.26. The van der Waals surface area contributed by atoms with Crippen LogP contribution in [-0.4, -0.2) is 30.8 Å². The second-order valence-corrected chi connectivity index (χ2v) is 9.39. The van der Waals surface area contributed by atoms with Crippen molar-refractivity contribution in [2.45, 2.75) is 17.7 Å². The Morgan fingerprint density at radius 1 is 1.00 bits per heavy atom. The lowest BCUT2D eigenvalue weighted by molar-refractivity contribution is 0.477. The molecule has 0 unspecified atom stereocenters. The number of hydrogen-bond donors (Lipinski definition) is 0. The summed E-state index contributed by atoms with van der Waals surface area (Å²) in [6.45, 7) is 1.25. The molecular formula is C17H16N2O2S3. The number of benzene rings is 1. The van der Waals surface area contributed by atoms with Gasteiger partial charge >= 0.3 is 0 Å². The summed E-state index contributed by atoms with van der Waals surface area (Å²) in [5, 5.41) is 5.04. The van der Waals surface area contributed by atoms with Crippen LogP contribution in [0, 0.1) is 0 Å². The summed E-state index contributed by atoms with van der Waals surface area (Å²) in [5.41, 5.74) is 1.82. The van der Waals surface area contributed by atoms with Crippen LogP contribution in [0.25, 0.3) is 21.1 Å². The van der Waals surface area contributed by atoms with Crippen LogP contribution >= 0.6 is 22.7 Å². The van der Waals surface area contributed by atoms with Crippen molar-refractivity contribution in [3.05, 3.63) is 47.2 Å². The van der Waals surface area contributed by atoms with Gasteiger partial charge in [0, 0.05) is 24.0 Å². The summed E-state index contributed by atoms with van der Waals surface area (Å²) in [7, 11) is -3.35. The van der Waals surface area contributed by atoms with Crippen LogP contribution in [0.4, 0.5) is 0 Å². The van der Waals surface area contributed by atoms with E-state index in [-0.39, 0.29) is 0 Å². The normalized spacial score (nSPS) is 15.8. The Hall–Kier alpha value is -1.54. The van der Waals surface area contributed by atoms with Gasteiger partial charge in [-0.3, -0.25) is 0 Å². The van der Waals surface area contributed by atoms with Crippen LogP contribution in [-0.2, 0) is 10.0 Å². The predicted molar refractivity (Wildman–Crippen MR) is 98.9 cm³/mol. The summed E-state index contributed by atoms with van der Waals surface area (Å²) in [5.74, 6) is 0. The molecule has 7 heteroatoms. The fraction of sp³-hybridized carbons (Fsp3) is 0.235. The summed E-state index contributed by atoms with van der Waals surface area (Å²) >= 11 is 3.27. The molecule has 1 saturated heterocycles. The highest BCUT2D eigenvalue weighted by Gasteiger charge is 2.26. The standard InChI is InChI=1S/C17H16N2O2S3/c20-24(21,19-9-1-2-10-19)14-7-5-13(6-8-14)15-12-23-17(18-15)16-4-3-11-22-16/h3-8,11-12H,1-2,9-10H2. The van der Waals surface area contributed by atoms with Gasteiger partial charge in [-0.1, -0.05) is 18.2 Å². The van der Waals surface area contributed by atoms with Gasteiger partial charge < -0.3 is 0 Å². The van der Waals surface area contributed by atoms with Crippen molar-refractivity contribution in [3.8, 4) is 21.1 Å². The van der Waals surface area contributed by atoms with Crippen LogP contribution in [0.15, 0.2) is 52.1 Å². The van der Waals surface area contributed by atoms with Crippen molar-refractivity contribution >= 4 is 32.7 Å². The van der Waals surface area contributed by atoms with E-state index in [1.807, 2.05) is 29.0 Å². The highest BCUT2D eigenvalue weighted by Crippen LogP contribution is 2.32. The minimum Gasteiger partial charge on any atom is -0.235 e. The monoisotopic (exact) mass is 376 g/mol. The van der Waals surface area contributed by atoms with Crippen molar-refractivity contribution < 1.29 is 8.42 Å². The maximum atomic E-state index is 12.6. The molecule has 0 N–H and O–H groups in total. The molecule has 2 aromatic heterocycles. The lowest BCUT2D eigenvalue weighted by atomic mass is 10.2. The molecule has 0 bridgehead atoms. The van der Waals surface area contributed by atoms with Gasteiger partial charge in [0.1, 0.15) is 5.01 Å². The van der Waals surface area contributed by atoms with E-state index in [0.717, 1.165) is 34.0 Å². The van der Waals surface area contributed by atoms with E-state index in [4.69, 9.17) is 0 Å². The summed E-state index contributed by atoms with van der Waals surface area (Å²) < 4.78 is 26.7. The highest BCUT2D eigenvalue weighted by molar-refractivity contribution is 7.89. The number of sulfonamides is 1. The van der Waals surface area contributed by atoms with E-state index in [0.29, 0.717) is 18.0 Å². The highest BCUT2D eigenvalue weighted by atomic mass is 32.2. The second-order valence-electron chi connectivity index (χ2n) is 5.65. The molecule has 3 aromatic rings. The minimum atomic E-state index is -3.35. The van der Waals surface area contributed by atoms with E-state index >= 15 is 0 Å². The molecule has 0 atom stereocenters. The fourth-order valence-electron chi connectivity index (χ4n) is 2.79. The van der Waals surface area contributed by atoms with E-state index in [9.17, 15) is 8.42 Å². The quantitative estimate of drug-likeness (QED) is 0.681. The Balaban J connectivity index is 1.60. The third kappa shape index (κ3) is 2.93. The van der Waals surface area contributed by atoms with Gasteiger partial charge in [0.2, 0.25) is 10.0 Å². The third-order valence-corrected chi connectivity index (χ3v) is 7.88. The first kappa shape index (κ1) is 16.0. The molecule has 0 aliphatic carbocycles. The zero-order valence-electron chi connectivity index (χ0n) is 12.9. The van der Waals surface area contributed by atoms with Crippen LogP contribution in [0.1, 0.15) is 12.8 Å². The largest absolute Gasteiger partial charge is 0.243 e. The van der Waals surface area contributed by atoms with Crippen molar-refractivity contribution in [1.29, 1.82) is 0 Å². The smallest absolute Gasteiger partial charge is 0.235 e. The summed E-state index contributed by atoms with van der Waals surface area (Å²) in [6, 6.07) is 11.1. The molecule has 3 heterocycles. The number of hydrogen-bond acceptors (Lipinski definition) is 5. The molecule has 0 spiro atoms. The van der Waals surface area contributed by atoms with Crippen LogP contribution in [0.5, 0.6) is 0 Å². The summed E-state index contributed by atoms with van der Waals surface area (Å²) in [4.78, 5) is 6.18. The van der Waals surface area contributed by atoms with Gasteiger partial charge in [-0.25, -0.2) is 13.4 Å². The van der Waals surface area contributed by atoms with Crippen LogP contribution in [0.3, 0.4) is 0 Å².